The minimum Gasteiger partial charge on any atom is -0.495 e. The SMILES string of the molecule is COc1cccc2c(C=Nc3sc4c(c3C(=O)NCc3ccco3)CCCC4)c(-c3ccccc3)[nH]c12. The topological polar surface area (TPSA) is 79.6 Å². The maximum atomic E-state index is 13.4. The lowest BCUT2D eigenvalue weighted by Crippen LogP contribution is -2.23. The Hall–Kier alpha value is -4.10. The van der Waals surface area contributed by atoms with Crippen molar-refractivity contribution in [2.24, 2.45) is 4.99 Å². The Kier molecular flexibility index (Phi) is 6.37. The first-order chi connectivity index (χ1) is 18.2. The number of hydrogen-bond donors (Lipinski definition) is 2. The van der Waals surface area contributed by atoms with Gasteiger partial charge in [0.15, 0.2) is 0 Å². The third-order valence-electron chi connectivity index (χ3n) is 6.81. The number of aliphatic imine (C=N–C) groups is 1. The number of nitrogens with one attached hydrogen (secondary N) is 2. The minimum atomic E-state index is -0.105. The highest BCUT2D eigenvalue weighted by atomic mass is 32.1. The van der Waals surface area contributed by atoms with E-state index in [-0.39, 0.29) is 5.91 Å². The second-order valence-corrected chi connectivity index (χ2v) is 10.2. The van der Waals surface area contributed by atoms with E-state index in [1.165, 1.54) is 4.88 Å². The molecular weight excluding hydrogens is 482 g/mol. The zero-order valence-electron chi connectivity index (χ0n) is 20.5. The molecule has 0 fully saturated rings. The van der Waals surface area contributed by atoms with Crippen LogP contribution >= 0.6 is 11.3 Å². The first-order valence-corrected chi connectivity index (χ1v) is 13.3. The van der Waals surface area contributed by atoms with Gasteiger partial charge in [0, 0.05) is 22.0 Å². The Bertz CT molecular complexity index is 1580. The van der Waals surface area contributed by atoms with Crippen LogP contribution in [0.25, 0.3) is 22.2 Å². The highest BCUT2D eigenvalue weighted by Crippen LogP contribution is 2.41. The van der Waals surface area contributed by atoms with E-state index < -0.39 is 0 Å². The van der Waals surface area contributed by atoms with Gasteiger partial charge in [-0.05, 0) is 55.0 Å². The fourth-order valence-corrected chi connectivity index (χ4v) is 6.25. The number of carbonyl (C=O) groups is 1. The predicted octanol–water partition coefficient (Wildman–Crippen LogP) is 7.06. The number of hydrogen-bond acceptors (Lipinski definition) is 5. The van der Waals surface area contributed by atoms with Crippen molar-refractivity contribution in [3.05, 3.63) is 94.3 Å². The van der Waals surface area contributed by atoms with Crippen LogP contribution in [-0.4, -0.2) is 24.2 Å². The van der Waals surface area contributed by atoms with Crippen LogP contribution in [0.15, 0.2) is 76.3 Å². The number of H-pyrrole nitrogens is 1. The third-order valence-corrected chi connectivity index (χ3v) is 8.01. The molecule has 0 saturated carbocycles. The van der Waals surface area contributed by atoms with Gasteiger partial charge in [-0.25, -0.2) is 4.99 Å². The van der Waals surface area contributed by atoms with Crippen LogP contribution in [0.1, 0.15) is 45.0 Å². The van der Waals surface area contributed by atoms with Crippen molar-refractivity contribution < 1.29 is 13.9 Å². The number of aromatic nitrogens is 1. The van der Waals surface area contributed by atoms with Gasteiger partial charge in [-0.2, -0.15) is 0 Å². The second kappa shape index (κ2) is 10.1. The van der Waals surface area contributed by atoms with E-state index in [4.69, 9.17) is 14.1 Å². The molecule has 1 aliphatic rings. The predicted molar refractivity (Wildman–Crippen MR) is 148 cm³/mol. The molecule has 2 N–H and O–H groups in total. The lowest BCUT2D eigenvalue weighted by Gasteiger charge is -2.12. The van der Waals surface area contributed by atoms with E-state index >= 15 is 0 Å². The molecule has 0 radical (unpaired) electrons. The number of furan rings is 1. The third kappa shape index (κ3) is 4.47. The number of thiophene rings is 1. The molecule has 6 nitrogen and oxygen atoms in total. The highest BCUT2D eigenvalue weighted by molar-refractivity contribution is 7.16. The quantitative estimate of drug-likeness (QED) is 0.231. The van der Waals surface area contributed by atoms with Crippen molar-refractivity contribution in [3.8, 4) is 17.0 Å². The normalized spacial score (nSPS) is 13.2. The minimum absolute atomic E-state index is 0.105. The van der Waals surface area contributed by atoms with Gasteiger partial charge in [-0.3, -0.25) is 4.79 Å². The molecule has 37 heavy (non-hydrogen) atoms. The Balaban J connectivity index is 1.43. The summed E-state index contributed by atoms with van der Waals surface area (Å²) in [6.07, 6.45) is 7.64. The summed E-state index contributed by atoms with van der Waals surface area (Å²) in [4.78, 5) is 23.2. The molecule has 5 aromatic rings. The first kappa shape index (κ1) is 23.3. The van der Waals surface area contributed by atoms with E-state index in [0.29, 0.717) is 12.1 Å². The van der Waals surface area contributed by atoms with Crippen LogP contribution in [0.5, 0.6) is 5.75 Å². The number of para-hydroxylation sites is 1. The standard InChI is InChI=1S/C30H27N3O3S/c1-35-24-14-7-13-21-23(27(33-28(21)24)19-9-3-2-4-10-19)18-32-30-26(22-12-5-6-15-25(22)37-30)29(34)31-17-20-11-8-16-36-20/h2-4,7-11,13-14,16,18,33H,5-6,12,15,17H2,1H3,(H,31,34). The fraction of sp³-hybridized carbons (Fsp3) is 0.200. The number of benzene rings is 2. The summed E-state index contributed by atoms with van der Waals surface area (Å²) in [5, 5.41) is 4.80. The zero-order chi connectivity index (χ0) is 25.2. The summed E-state index contributed by atoms with van der Waals surface area (Å²) in [6, 6.07) is 19.9. The molecule has 0 unspecified atom stereocenters. The molecule has 0 bridgehead atoms. The Morgan fingerprint density at radius 2 is 1.97 bits per heavy atom. The molecule has 0 saturated heterocycles. The van der Waals surface area contributed by atoms with Crippen molar-refractivity contribution in [1.82, 2.24) is 10.3 Å². The smallest absolute Gasteiger partial charge is 0.255 e. The summed E-state index contributed by atoms with van der Waals surface area (Å²) in [6.45, 7) is 0.347. The van der Waals surface area contributed by atoms with Crippen LogP contribution in [0, 0.1) is 0 Å². The average molecular weight is 510 g/mol. The second-order valence-electron chi connectivity index (χ2n) is 9.07. The van der Waals surface area contributed by atoms with Gasteiger partial charge in [0.2, 0.25) is 0 Å². The maximum Gasteiger partial charge on any atom is 0.255 e. The number of aromatic amines is 1. The molecular formula is C30H27N3O3S. The largest absolute Gasteiger partial charge is 0.495 e. The number of carbonyl (C=O) groups excluding carboxylic acids is 1. The highest BCUT2D eigenvalue weighted by Gasteiger charge is 2.25. The van der Waals surface area contributed by atoms with Gasteiger partial charge in [-0.1, -0.05) is 42.5 Å². The molecule has 7 heteroatoms. The van der Waals surface area contributed by atoms with Gasteiger partial charge >= 0.3 is 0 Å². The van der Waals surface area contributed by atoms with Gasteiger partial charge in [0.25, 0.3) is 5.91 Å². The summed E-state index contributed by atoms with van der Waals surface area (Å²) in [5.41, 5.74) is 5.75. The van der Waals surface area contributed by atoms with Crippen LogP contribution in [-0.2, 0) is 19.4 Å². The van der Waals surface area contributed by atoms with E-state index in [0.717, 1.165) is 75.5 Å². The lowest BCUT2D eigenvalue weighted by molar-refractivity contribution is 0.0948. The maximum absolute atomic E-state index is 13.4. The molecule has 1 amide bonds. The van der Waals surface area contributed by atoms with E-state index in [1.54, 1.807) is 24.7 Å². The molecule has 2 aromatic carbocycles. The fourth-order valence-electron chi connectivity index (χ4n) is 5.02. The number of methoxy groups -OCH3 is 1. The van der Waals surface area contributed by atoms with Crippen molar-refractivity contribution in [3.63, 3.8) is 0 Å². The summed E-state index contributed by atoms with van der Waals surface area (Å²) in [7, 11) is 1.68. The summed E-state index contributed by atoms with van der Waals surface area (Å²) < 4.78 is 11.0. The molecule has 6 rings (SSSR count). The number of aryl methyl sites for hydroxylation is 1. The molecule has 186 valence electrons. The van der Waals surface area contributed by atoms with Crippen molar-refractivity contribution in [1.29, 1.82) is 0 Å². The van der Waals surface area contributed by atoms with Crippen molar-refractivity contribution >= 4 is 39.4 Å². The molecule has 1 aliphatic carbocycles. The Labute approximate surface area is 219 Å². The lowest BCUT2D eigenvalue weighted by atomic mass is 9.95. The van der Waals surface area contributed by atoms with Gasteiger partial charge in [0.1, 0.15) is 16.5 Å². The van der Waals surface area contributed by atoms with Crippen LogP contribution < -0.4 is 10.1 Å². The van der Waals surface area contributed by atoms with Gasteiger partial charge < -0.3 is 19.5 Å². The Morgan fingerprint density at radius 1 is 1.11 bits per heavy atom. The van der Waals surface area contributed by atoms with E-state index in [1.807, 2.05) is 48.7 Å². The molecule has 0 spiro atoms. The zero-order valence-corrected chi connectivity index (χ0v) is 21.4. The monoisotopic (exact) mass is 509 g/mol. The van der Waals surface area contributed by atoms with Gasteiger partial charge in [0.05, 0.1) is 36.7 Å². The number of ether oxygens (including phenoxy) is 1. The van der Waals surface area contributed by atoms with Crippen molar-refractivity contribution in [2.75, 3.05) is 7.11 Å². The van der Waals surface area contributed by atoms with Crippen molar-refractivity contribution in [2.45, 2.75) is 32.2 Å². The first-order valence-electron chi connectivity index (χ1n) is 12.5. The average Bonchev–Trinajstić information content (AvgIpc) is 3.68. The van der Waals surface area contributed by atoms with Crippen LogP contribution in [0.3, 0.4) is 0 Å². The number of amides is 1. The summed E-state index contributed by atoms with van der Waals surface area (Å²) >= 11 is 1.63. The van der Waals surface area contributed by atoms with Gasteiger partial charge in [-0.15, -0.1) is 11.3 Å². The number of rotatable bonds is 7. The summed E-state index contributed by atoms with van der Waals surface area (Å²) in [5.74, 6) is 1.40. The molecule has 0 atom stereocenters. The Morgan fingerprint density at radius 3 is 2.78 bits per heavy atom. The molecule has 3 aromatic heterocycles. The van der Waals surface area contributed by atoms with E-state index in [2.05, 4.69) is 28.5 Å². The number of fused-ring (bicyclic) bond motifs is 2. The molecule has 0 aliphatic heterocycles. The molecule has 3 heterocycles. The van der Waals surface area contributed by atoms with Crippen LogP contribution in [0.4, 0.5) is 5.00 Å². The van der Waals surface area contributed by atoms with E-state index in [9.17, 15) is 4.79 Å². The number of nitrogens with zero attached hydrogens (tertiary/aromatic N) is 1. The van der Waals surface area contributed by atoms with Crippen LogP contribution in [0.2, 0.25) is 0 Å².